The van der Waals surface area contributed by atoms with Gasteiger partial charge in [0, 0.05) is 20.5 Å². The van der Waals surface area contributed by atoms with Gasteiger partial charge < -0.3 is 9.15 Å². The second-order valence-corrected chi connectivity index (χ2v) is 6.99. The first-order valence-corrected chi connectivity index (χ1v) is 9.02. The van der Waals surface area contributed by atoms with Crippen LogP contribution in [0.15, 0.2) is 71.3 Å². The van der Waals surface area contributed by atoms with Gasteiger partial charge in [-0.15, -0.1) is 0 Å². The highest BCUT2D eigenvalue weighted by Crippen LogP contribution is 2.51. The number of nitrogens with zero attached hydrogens (tertiary/aromatic N) is 1. The highest BCUT2D eigenvalue weighted by atomic mass is 17.2. The molecule has 0 saturated carbocycles. The van der Waals surface area contributed by atoms with Gasteiger partial charge in [0.05, 0.1) is 11.6 Å². The van der Waals surface area contributed by atoms with E-state index >= 15 is 0 Å². The minimum atomic E-state index is -0.976. The lowest BCUT2D eigenvalue weighted by Gasteiger charge is -2.47. The minimum Gasteiger partial charge on any atom is -0.449 e. The lowest BCUT2D eigenvalue weighted by molar-refractivity contribution is -0.487. The molecule has 0 amide bonds. The van der Waals surface area contributed by atoms with Crippen LogP contribution in [0, 0.1) is 6.92 Å². The molecule has 1 aliphatic rings. The van der Waals surface area contributed by atoms with Gasteiger partial charge in [0.15, 0.2) is 11.5 Å². The topological polar surface area (TPSA) is 53.7 Å². The highest BCUT2D eigenvalue weighted by molar-refractivity contribution is 5.38. The Hall–Kier alpha value is -2.47. The molecule has 1 fully saturated rings. The number of aromatic nitrogens is 1. The molecule has 0 aliphatic carbocycles. The fourth-order valence-corrected chi connectivity index (χ4v) is 3.72. The van der Waals surface area contributed by atoms with E-state index < -0.39 is 11.4 Å². The Morgan fingerprint density at radius 3 is 2.04 bits per heavy atom. The van der Waals surface area contributed by atoms with E-state index in [1.807, 2.05) is 50.2 Å². The third-order valence-corrected chi connectivity index (χ3v) is 5.35. The molecule has 0 bridgehead atoms. The summed E-state index contributed by atoms with van der Waals surface area (Å²) in [5, 5.41) is 0. The first kappa shape index (κ1) is 17.9. The summed E-state index contributed by atoms with van der Waals surface area (Å²) >= 11 is 0. The molecule has 5 nitrogen and oxygen atoms in total. The Kier molecular flexibility index (Phi) is 4.60. The van der Waals surface area contributed by atoms with Crippen molar-refractivity contribution in [1.29, 1.82) is 0 Å². The predicted molar refractivity (Wildman–Crippen MR) is 99.8 cm³/mol. The van der Waals surface area contributed by atoms with Crippen LogP contribution in [0.3, 0.4) is 0 Å². The van der Waals surface area contributed by atoms with Gasteiger partial charge in [0.2, 0.25) is 5.79 Å². The zero-order chi connectivity index (χ0) is 18.9. The number of hydrogen-bond donors (Lipinski definition) is 0. The van der Waals surface area contributed by atoms with Gasteiger partial charge in [0.25, 0.3) is 0 Å². The van der Waals surface area contributed by atoms with Crippen molar-refractivity contribution in [2.45, 2.75) is 37.6 Å². The molecule has 2 unspecified atom stereocenters. The zero-order valence-electron chi connectivity index (χ0n) is 15.7. The van der Waals surface area contributed by atoms with E-state index in [0.717, 1.165) is 16.8 Å². The van der Waals surface area contributed by atoms with E-state index in [0.29, 0.717) is 12.3 Å². The predicted octanol–water partition coefficient (Wildman–Crippen LogP) is 4.72. The van der Waals surface area contributed by atoms with Gasteiger partial charge in [-0.1, -0.05) is 60.7 Å². The highest BCUT2D eigenvalue weighted by Gasteiger charge is 2.53. The van der Waals surface area contributed by atoms with Crippen LogP contribution in [0.5, 0.6) is 0 Å². The second-order valence-electron chi connectivity index (χ2n) is 6.99. The summed E-state index contributed by atoms with van der Waals surface area (Å²) in [7, 11) is 1.61. The molecule has 4 rings (SSSR count). The number of ether oxygens (including phenoxy) is 1. The molecule has 0 radical (unpaired) electrons. The summed E-state index contributed by atoms with van der Waals surface area (Å²) in [6.07, 6.45) is 2.27. The number of rotatable bonds is 4. The largest absolute Gasteiger partial charge is 0.449 e. The molecule has 5 heteroatoms. The Morgan fingerprint density at radius 2 is 1.56 bits per heavy atom. The van der Waals surface area contributed by atoms with E-state index in [9.17, 15) is 0 Å². The van der Waals surface area contributed by atoms with Crippen molar-refractivity contribution in [3.05, 3.63) is 89.6 Å². The number of methoxy groups -OCH3 is 1. The molecule has 2 atom stereocenters. The smallest absolute Gasteiger partial charge is 0.207 e. The maximum Gasteiger partial charge on any atom is 0.207 e. The zero-order valence-corrected chi connectivity index (χ0v) is 15.7. The summed E-state index contributed by atoms with van der Waals surface area (Å²) < 4.78 is 11.2. The van der Waals surface area contributed by atoms with Gasteiger partial charge in [-0.25, -0.2) is 9.87 Å². The second kappa shape index (κ2) is 6.93. The van der Waals surface area contributed by atoms with E-state index in [1.165, 1.54) is 0 Å². The minimum absolute atomic E-state index is 0.186. The fourth-order valence-electron chi connectivity index (χ4n) is 3.72. The summed E-state index contributed by atoms with van der Waals surface area (Å²) in [4.78, 5) is 16.6. The van der Waals surface area contributed by atoms with E-state index in [2.05, 4.69) is 29.2 Å². The van der Waals surface area contributed by atoms with Crippen molar-refractivity contribution in [3.8, 4) is 0 Å². The molecule has 2 aromatic carbocycles. The lowest BCUT2D eigenvalue weighted by atomic mass is 9.75. The van der Waals surface area contributed by atoms with Gasteiger partial charge >= 0.3 is 0 Å². The van der Waals surface area contributed by atoms with Gasteiger partial charge in [-0.2, -0.15) is 4.89 Å². The first-order valence-electron chi connectivity index (χ1n) is 9.02. The van der Waals surface area contributed by atoms with Gasteiger partial charge in [-0.05, 0) is 18.1 Å². The fraction of sp³-hybridized carbons (Fsp3) is 0.318. The van der Waals surface area contributed by atoms with E-state index in [1.54, 1.807) is 13.4 Å². The van der Waals surface area contributed by atoms with Crippen LogP contribution in [0.4, 0.5) is 0 Å². The van der Waals surface area contributed by atoms with E-state index in [-0.39, 0.29) is 5.92 Å². The number of oxazole rings is 1. The monoisotopic (exact) mass is 365 g/mol. The van der Waals surface area contributed by atoms with Crippen LogP contribution in [0.2, 0.25) is 0 Å². The summed E-state index contributed by atoms with van der Waals surface area (Å²) in [6.45, 7) is 3.69. The average molecular weight is 365 g/mol. The Labute approximate surface area is 158 Å². The maximum absolute atomic E-state index is 6.12. The van der Waals surface area contributed by atoms with Crippen molar-refractivity contribution < 1.29 is 18.9 Å². The van der Waals surface area contributed by atoms with Crippen LogP contribution in [0.1, 0.15) is 42.0 Å². The van der Waals surface area contributed by atoms with Crippen molar-refractivity contribution in [1.82, 2.24) is 4.98 Å². The molecule has 140 valence electrons. The Balaban J connectivity index is 1.85. The van der Waals surface area contributed by atoms with Crippen molar-refractivity contribution in [2.75, 3.05) is 7.11 Å². The molecule has 2 heterocycles. The van der Waals surface area contributed by atoms with Crippen LogP contribution in [-0.4, -0.2) is 17.9 Å². The molecular weight excluding hydrogens is 342 g/mol. The van der Waals surface area contributed by atoms with E-state index in [4.69, 9.17) is 18.9 Å². The molecule has 3 aromatic rings. The molecule has 27 heavy (non-hydrogen) atoms. The third-order valence-electron chi connectivity index (χ3n) is 5.35. The Morgan fingerprint density at radius 1 is 0.963 bits per heavy atom. The molecule has 0 N–H and O–H groups in total. The summed E-state index contributed by atoms with van der Waals surface area (Å²) in [6, 6.07) is 20.2. The van der Waals surface area contributed by atoms with Crippen molar-refractivity contribution in [3.63, 3.8) is 0 Å². The summed E-state index contributed by atoms with van der Waals surface area (Å²) in [5.74, 6) is -0.551. The molecule has 1 saturated heterocycles. The van der Waals surface area contributed by atoms with Crippen LogP contribution >= 0.6 is 0 Å². The quantitative estimate of drug-likeness (QED) is 0.626. The van der Waals surface area contributed by atoms with Crippen LogP contribution in [0.25, 0.3) is 0 Å². The standard InChI is InChI=1S/C22H23NO4/c1-16-23-20(15-25-16)19-14-22(17-10-6-4-7-11-17,18-12-8-5-9-13-18)27-26-21(19,2)24-3/h4-13,15,19H,14H2,1-3H3. The Bertz CT molecular complexity index is 853. The molecular formula is C22H23NO4. The van der Waals surface area contributed by atoms with Crippen LogP contribution < -0.4 is 0 Å². The third kappa shape index (κ3) is 3.08. The van der Waals surface area contributed by atoms with Crippen molar-refractivity contribution in [2.24, 2.45) is 0 Å². The van der Waals surface area contributed by atoms with Gasteiger partial charge in [-0.3, -0.25) is 0 Å². The average Bonchev–Trinajstić information content (AvgIpc) is 3.16. The molecule has 1 aromatic heterocycles. The maximum atomic E-state index is 6.12. The first-order chi connectivity index (χ1) is 13.1. The number of benzene rings is 2. The molecule has 1 aliphatic heterocycles. The number of hydrogen-bond acceptors (Lipinski definition) is 5. The normalized spacial score (nSPS) is 24.6. The SMILES string of the molecule is COC1(C)OOC(c2ccccc2)(c2ccccc2)CC1c1coc(C)n1. The van der Waals surface area contributed by atoms with Crippen LogP contribution in [-0.2, 0) is 20.1 Å². The molecule has 0 spiro atoms. The van der Waals surface area contributed by atoms with Gasteiger partial charge in [0.1, 0.15) is 6.26 Å². The van der Waals surface area contributed by atoms with Crippen molar-refractivity contribution >= 4 is 0 Å². The number of aryl methyl sites for hydroxylation is 1. The lowest BCUT2D eigenvalue weighted by Crippen LogP contribution is -2.50. The summed E-state index contributed by atoms with van der Waals surface area (Å²) in [5.41, 5.74) is 2.04.